The molecule has 0 aromatic heterocycles. The average Bonchev–Trinajstić information content (AvgIpc) is 2.87. The van der Waals surface area contributed by atoms with Crippen LogP contribution in [0, 0.1) is 0 Å². The average molecular weight is 532 g/mol. The van der Waals surface area contributed by atoms with Crippen molar-refractivity contribution < 1.29 is 4.74 Å². The highest BCUT2D eigenvalue weighted by molar-refractivity contribution is 14.0. The highest BCUT2D eigenvalue weighted by Gasteiger charge is 2.14. The topological polar surface area (TPSA) is 52.1 Å². The van der Waals surface area contributed by atoms with Crippen LogP contribution in [0.3, 0.4) is 0 Å². The quantitative estimate of drug-likeness (QED) is 0.233. The van der Waals surface area contributed by atoms with E-state index in [0.717, 1.165) is 43.3 Å². The molecule has 0 aliphatic carbocycles. The van der Waals surface area contributed by atoms with Crippen LogP contribution in [0.2, 0.25) is 0 Å². The van der Waals surface area contributed by atoms with Gasteiger partial charge < -0.3 is 25.2 Å². The molecule has 1 fully saturated rings. The highest BCUT2D eigenvalue weighted by Crippen LogP contribution is 2.23. The van der Waals surface area contributed by atoms with Gasteiger partial charge in [0.1, 0.15) is 11.4 Å². The van der Waals surface area contributed by atoms with Crippen LogP contribution >= 0.6 is 24.0 Å². The first-order valence-electron chi connectivity index (χ1n) is 11.1. The standard InChI is InChI=1S/C23H41N5O.HI/c1-6-24-22(25-13-9-15-28-16-10-14-27(5)17-18-28)26-19-20-11-7-8-12-21(20)29-23(2,3)4;/h7-8,11-12H,6,9-10,13-19H2,1-5H3,(H2,24,25,26);1H. The zero-order valence-electron chi connectivity index (χ0n) is 19.5. The Balaban J connectivity index is 0.00000450. The van der Waals surface area contributed by atoms with E-state index in [1.54, 1.807) is 0 Å². The number of hydrogen-bond acceptors (Lipinski definition) is 4. The third-order valence-corrected chi connectivity index (χ3v) is 4.90. The lowest BCUT2D eigenvalue weighted by atomic mass is 10.1. The molecule has 6 nitrogen and oxygen atoms in total. The monoisotopic (exact) mass is 531 g/mol. The molecule has 1 aromatic carbocycles. The molecule has 2 N–H and O–H groups in total. The highest BCUT2D eigenvalue weighted by atomic mass is 127. The molecule has 0 atom stereocenters. The third-order valence-electron chi connectivity index (χ3n) is 4.90. The van der Waals surface area contributed by atoms with Gasteiger partial charge in [-0.2, -0.15) is 0 Å². The normalized spacial score (nSPS) is 16.5. The minimum atomic E-state index is -0.218. The number of halogens is 1. The summed E-state index contributed by atoms with van der Waals surface area (Å²) in [5.41, 5.74) is 0.887. The zero-order valence-corrected chi connectivity index (χ0v) is 21.9. The molecule has 1 aliphatic rings. The van der Waals surface area contributed by atoms with E-state index in [1.807, 2.05) is 18.2 Å². The molecule has 0 amide bonds. The van der Waals surface area contributed by atoms with Gasteiger partial charge in [-0.25, -0.2) is 4.99 Å². The summed E-state index contributed by atoms with van der Waals surface area (Å²) in [5.74, 6) is 1.78. The number of guanidine groups is 1. The van der Waals surface area contributed by atoms with E-state index in [2.05, 4.69) is 61.2 Å². The molecule has 1 aliphatic heterocycles. The van der Waals surface area contributed by atoms with Crippen molar-refractivity contribution in [3.8, 4) is 5.75 Å². The number of aliphatic imine (C=N–C) groups is 1. The van der Waals surface area contributed by atoms with Crippen LogP contribution in [0.25, 0.3) is 0 Å². The molecule has 0 spiro atoms. The van der Waals surface area contributed by atoms with Crippen molar-refractivity contribution in [1.29, 1.82) is 0 Å². The maximum atomic E-state index is 6.09. The summed E-state index contributed by atoms with van der Waals surface area (Å²) in [6.07, 6.45) is 2.39. The molecule has 1 aromatic rings. The van der Waals surface area contributed by atoms with E-state index >= 15 is 0 Å². The molecule has 1 saturated heterocycles. The first-order chi connectivity index (χ1) is 13.9. The Morgan fingerprint density at radius 1 is 1.10 bits per heavy atom. The molecule has 1 heterocycles. The lowest BCUT2D eigenvalue weighted by Crippen LogP contribution is -2.39. The van der Waals surface area contributed by atoms with Gasteiger partial charge in [-0.05, 0) is 73.3 Å². The molecule has 0 saturated carbocycles. The molecule has 0 bridgehead atoms. The summed E-state index contributed by atoms with van der Waals surface area (Å²) in [5, 5.41) is 6.84. The van der Waals surface area contributed by atoms with Gasteiger partial charge in [0.2, 0.25) is 0 Å². The minimum absolute atomic E-state index is 0. The van der Waals surface area contributed by atoms with Gasteiger partial charge in [0.25, 0.3) is 0 Å². The maximum absolute atomic E-state index is 6.09. The number of likely N-dealkylation sites (N-methyl/N-ethyl adjacent to an activating group) is 1. The third kappa shape index (κ3) is 10.8. The summed E-state index contributed by atoms with van der Waals surface area (Å²) in [6, 6.07) is 8.16. The van der Waals surface area contributed by atoms with Crippen molar-refractivity contribution in [3.63, 3.8) is 0 Å². The van der Waals surface area contributed by atoms with Crippen LogP contribution in [0.1, 0.15) is 46.1 Å². The lowest BCUT2D eigenvalue weighted by molar-refractivity contribution is 0.129. The predicted molar refractivity (Wildman–Crippen MR) is 138 cm³/mol. The fraction of sp³-hybridized carbons (Fsp3) is 0.696. The second kappa shape index (κ2) is 14.1. The fourth-order valence-corrected chi connectivity index (χ4v) is 3.40. The number of nitrogens with one attached hydrogen (secondary N) is 2. The van der Waals surface area contributed by atoms with E-state index in [9.17, 15) is 0 Å². The Labute approximate surface area is 200 Å². The van der Waals surface area contributed by atoms with Crippen molar-refractivity contribution >= 4 is 29.9 Å². The number of nitrogens with zero attached hydrogens (tertiary/aromatic N) is 3. The minimum Gasteiger partial charge on any atom is -0.488 e. The SMILES string of the molecule is CCNC(=NCc1ccccc1OC(C)(C)C)NCCCN1CCCN(C)CC1.I. The van der Waals surface area contributed by atoms with Crippen molar-refractivity contribution in [1.82, 2.24) is 20.4 Å². The van der Waals surface area contributed by atoms with Crippen molar-refractivity contribution in [2.24, 2.45) is 4.99 Å². The van der Waals surface area contributed by atoms with Crippen LogP contribution < -0.4 is 15.4 Å². The predicted octanol–water partition coefficient (Wildman–Crippen LogP) is 3.56. The van der Waals surface area contributed by atoms with Crippen LogP contribution in [0.4, 0.5) is 0 Å². The van der Waals surface area contributed by atoms with Gasteiger partial charge in [-0.1, -0.05) is 18.2 Å². The molecular weight excluding hydrogens is 489 g/mol. The Bertz CT molecular complexity index is 632. The fourth-order valence-electron chi connectivity index (χ4n) is 3.40. The Morgan fingerprint density at radius 2 is 1.87 bits per heavy atom. The molecule has 7 heteroatoms. The number of rotatable bonds is 8. The second-order valence-electron chi connectivity index (χ2n) is 8.80. The van der Waals surface area contributed by atoms with E-state index < -0.39 is 0 Å². The van der Waals surface area contributed by atoms with E-state index in [4.69, 9.17) is 9.73 Å². The summed E-state index contributed by atoms with van der Waals surface area (Å²) < 4.78 is 6.09. The number of para-hydroxylation sites is 1. The van der Waals surface area contributed by atoms with Gasteiger partial charge in [-0.15, -0.1) is 24.0 Å². The Hall–Kier alpha value is -1.06. The second-order valence-corrected chi connectivity index (χ2v) is 8.80. The molecule has 30 heavy (non-hydrogen) atoms. The van der Waals surface area contributed by atoms with E-state index in [-0.39, 0.29) is 29.6 Å². The maximum Gasteiger partial charge on any atom is 0.191 e. The van der Waals surface area contributed by atoms with Gasteiger partial charge in [-0.3, -0.25) is 0 Å². The van der Waals surface area contributed by atoms with Gasteiger partial charge in [0, 0.05) is 31.7 Å². The summed E-state index contributed by atoms with van der Waals surface area (Å²) in [6.45, 7) is 16.6. The smallest absolute Gasteiger partial charge is 0.191 e. The Kier molecular flexibility index (Phi) is 12.7. The summed E-state index contributed by atoms with van der Waals surface area (Å²) in [4.78, 5) is 9.78. The number of ether oxygens (including phenoxy) is 1. The lowest BCUT2D eigenvalue weighted by Gasteiger charge is -2.23. The van der Waals surface area contributed by atoms with Crippen molar-refractivity contribution in [2.45, 2.75) is 52.7 Å². The largest absolute Gasteiger partial charge is 0.488 e. The van der Waals surface area contributed by atoms with Crippen molar-refractivity contribution in [2.75, 3.05) is 52.9 Å². The summed E-state index contributed by atoms with van der Waals surface area (Å²) >= 11 is 0. The van der Waals surface area contributed by atoms with E-state index in [0.29, 0.717) is 6.54 Å². The number of benzene rings is 1. The molecule has 0 unspecified atom stereocenters. The van der Waals surface area contributed by atoms with Crippen LogP contribution in [-0.4, -0.2) is 74.2 Å². The first-order valence-corrected chi connectivity index (χ1v) is 11.1. The summed E-state index contributed by atoms with van der Waals surface area (Å²) in [7, 11) is 2.22. The molecular formula is C23H42IN5O. The zero-order chi connectivity index (χ0) is 21.1. The van der Waals surface area contributed by atoms with Crippen molar-refractivity contribution in [3.05, 3.63) is 29.8 Å². The molecule has 0 radical (unpaired) electrons. The van der Waals surface area contributed by atoms with Gasteiger partial charge in [0.05, 0.1) is 6.54 Å². The Morgan fingerprint density at radius 3 is 2.60 bits per heavy atom. The first kappa shape index (κ1) is 27.0. The van der Waals surface area contributed by atoms with Crippen LogP contribution in [-0.2, 0) is 6.54 Å². The molecule has 172 valence electrons. The van der Waals surface area contributed by atoms with Gasteiger partial charge in [0.15, 0.2) is 5.96 Å². The van der Waals surface area contributed by atoms with Gasteiger partial charge >= 0.3 is 0 Å². The van der Waals surface area contributed by atoms with E-state index in [1.165, 1.54) is 32.6 Å². The van der Waals surface area contributed by atoms with Crippen LogP contribution in [0.5, 0.6) is 5.75 Å². The van der Waals surface area contributed by atoms with Crippen LogP contribution in [0.15, 0.2) is 29.3 Å². The molecule has 2 rings (SSSR count). The number of hydrogen-bond donors (Lipinski definition) is 2.